The molecule has 0 heterocycles. The molecule has 1 unspecified atom stereocenters. The Morgan fingerprint density at radius 3 is 2.04 bits per heavy atom. The summed E-state index contributed by atoms with van der Waals surface area (Å²) in [6, 6.07) is 24.7. The average molecular weight is 314 g/mol. The predicted octanol–water partition coefficient (Wildman–Crippen LogP) is 5.25. The first-order chi connectivity index (χ1) is 11.4. The molecule has 3 aromatic rings. The van der Waals surface area contributed by atoms with Crippen LogP contribution in [0.5, 0.6) is 0 Å². The van der Waals surface area contributed by atoms with Gasteiger partial charge in [-0.05, 0) is 27.7 Å². The van der Waals surface area contributed by atoms with Crippen molar-refractivity contribution in [3.63, 3.8) is 0 Å². The molecule has 1 nitrogen and oxygen atoms in total. The number of benzene rings is 3. The van der Waals surface area contributed by atoms with Crippen molar-refractivity contribution in [3.05, 3.63) is 95.1 Å². The van der Waals surface area contributed by atoms with E-state index in [9.17, 15) is 5.11 Å². The zero-order valence-corrected chi connectivity index (χ0v) is 14.4. The van der Waals surface area contributed by atoms with E-state index in [1.807, 2.05) is 48.5 Å². The van der Waals surface area contributed by atoms with Gasteiger partial charge in [-0.2, -0.15) is 0 Å². The zero-order valence-electron chi connectivity index (χ0n) is 14.4. The maximum Gasteiger partial charge on any atom is 0.141 e. The molecule has 1 aliphatic rings. The molecule has 0 fully saturated rings. The van der Waals surface area contributed by atoms with Gasteiger partial charge >= 0.3 is 0 Å². The highest BCUT2D eigenvalue weighted by atomic mass is 16.3. The molecule has 0 spiro atoms. The summed E-state index contributed by atoms with van der Waals surface area (Å²) in [5, 5.41) is 11.9. The van der Waals surface area contributed by atoms with Crippen LogP contribution in [0.2, 0.25) is 0 Å². The fraction of sp³-hybridized carbons (Fsp3) is 0.217. The molecular formula is C23H22O. The van der Waals surface area contributed by atoms with E-state index < -0.39 is 5.60 Å². The molecule has 0 aromatic heterocycles. The van der Waals surface area contributed by atoms with E-state index >= 15 is 0 Å². The smallest absolute Gasteiger partial charge is 0.141 e. The maximum absolute atomic E-state index is 11.9. The molecule has 24 heavy (non-hydrogen) atoms. The summed E-state index contributed by atoms with van der Waals surface area (Å²) in [4.78, 5) is 0. The number of aliphatic hydroxyl groups is 1. The Bertz CT molecular complexity index is 903. The van der Waals surface area contributed by atoms with Crippen LogP contribution in [0, 0.1) is 0 Å². The lowest BCUT2D eigenvalue weighted by molar-refractivity contribution is 0.130. The van der Waals surface area contributed by atoms with E-state index in [0.29, 0.717) is 0 Å². The molecule has 1 atom stereocenters. The number of hydrogen-bond acceptors (Lipinski definition) is 1. The highest BCUT2D eigenvalue weighted by molar-refractivity contribution is 5.82. The van der Waals surface area contributed by atoms with Crippen LogP contribution in [0.1, 0.15) is 43.0 Å². The summed E-state index contributed by atoms with van der Waals surface area (Å²) in [6.07, 6.45) is 0. The molecule has 0 bridgehead atoms. The van der Waals surface area contributed by atoms with Crippen molar-refractivity contribution in [2.45, 2.75) is 31.8 Å². The molecule has 1 aliphatic carbocycles. The number of rotatable bonds is 1. The first-order valence-electron chi connectivity index (χ1n) is 8.45. The van der Waals surface area contributed by atoms with E-state index in [1.54, 1.807) is 0 Å². The van der Waals surface area contributed by atoms with Gasteiger partial charge in [0.15, 0.2) is 0 Å². The number of hydrogen-bond donors (Lipinski definition) is 1. The Hall–Kier alpha value is -2.38. The standard InChI is InChI=1S/C23H22O/c1-22(2,3)17-13-14-19-18-11-7-8-12-20(18)23(24,21(19)15-17)16-9-5-4-6-10-16/h4-15,24H,1-3H3. The fourth-order valence-corrected chi connectivity index (χ4v) is 3.71. The molecule has 4 rings (SSSR count). The second kappa shape index (κ2) is 5.06. The minimum absolute atomic E-state index is 0.0431. The minimum Gasteiger partial charge on any atom is -0.376 e. The van der Waals surface area contributed by atoms with Crippen LogP contribution in [-0.4, -0.2) is 5.11 Å². The van der Waals surface area contributed by atoms with Crippen molar-refractivity contribution in [2.24, 2.45) is 0 Å². The van der Waals surface area contributed by atoms with E-state index in [-0.39, 0.29) is 5.41 Å². The van der Waals surface area contributed by atoms with Crippen molar-refractivity contribution in [1.29, 1.82) is 0 Å². The van der Waals surface area contributed by atoms with E-state index in [2.05, 4.69) is 45.0 Å². The van der Waals surface area contributed by atoms with Crippen LogP contribution in [0.25, 0.3) is 11.1 Å². The Kier molecular flexibility index (Phi) is 3.20. The van der Waals surface area contributed by atoms with Gasteiger partial charge in [-0.1, -0.05) is 93.6 Å². The van der Waals surface area contributed by atoms with Gasteiger partial charge in [0.05, 0.1) is 0 Å². The third kappa shape index (κ3) is 2.05. The van der Waals surface area contributed by atoms with Crippen molar-refractivity contribution in [2.75, 3.05) is 0 Å². The first kappa shape index (κ1) is 15.2. The normalized spacial score (nSPS) is 19.0. The summed E-state index contributed by atoms with van der Waals surface area (Å²) in [5.74, 6) is 0. The Balaban J connectivity index is 2.05. The van der Waals surface area contributed by atoms with Gasteiger partial charge in [0.2, 0.25) is 0 Å². The molecule has 0 aliphatic heterocycles. The van der Waals surface area contributed by atoms with Crippen LogP contribution in [0.15, 0.2) is 72.8 Å². The monoisotopic (exact) mass is 314 g/mol. The van der Waals surface area contributed by atoms with Crippen LogP contribution < -0.4 is 0 Å². The molecule has 0 amide bonds. The van der Waals surface area contributed by atoms with Crippen molar-refractivity contribution < 1.29 is 5.11 Å². The molecule has 0 radical (unpaired) electrons. The summed E-state index contributed by atoms with van der Waals surface area (Å²) in [5.41, 5.74) is 5.32. The Morgan fingerprint density at radius 1 is 0.708 bits per heavy atom. The second-order valence-corrected chi connectivity index (χ2v) is 7.63. The fourth-order valence-electron chi connectivity index (χ4n) is 3.71. The molecule has 0 saturated heterocycles. The van der Waals surface area contributed by atoms with Gasteiger partial charge in [0.1, 0.15) is 5.60 Å². The van der Waals surface area contributed by atoms with Gasteiger partial charge in [0.25, 0.3) is 0 Å². The van der Waals surface area contributed by atoms with E-state index in [0.717, 1.165) is 27.8 Å². The lowest BCUT2D eigenvalue weighted by atomic mass is 9.80. The van der Waals surface area contributed by atoms with Crippen LogP contribution in [0.3, 0.4) is 0 Å². The summed E-state index contributed by atoms with van der Waals surface area (Å²) in [7, 11) is 0. The van der Waals surface area contributed by atoms with Crippen LogP contribution in [-0.2, 0) is 11.0 Å². The van der Waals surface area contributed by atoms with Gasteiger partial charge in [-0.15, -0.1) is 0 Å². The average Bonchev–Trinajstić information content (AvgIpc) is 2.85. The maximum atomic E-state index is 11.9. The van der Waals surface area contributed by atoms with E-state index in [4.69, 9.17) is 0 Å². The molecule has 1 heteroatoms. The van der Waals surface area contributed by atoms with Gasteiger partial charge in [0, 0.05) is 11.1 Å². The lowest BCUT2D eigenvalue weighted by Gasteiger charge is -2.28. The molecular weight excluding hydrogens is 292 g/mol. The molecule has 0 saturated carbocycles. The lowest BCUT2D eigenvalue weighted by Crippen LogP contribution is -2.26. The largest absolute Gasteiger partial charge is 0.376 e. The van der Waals surface area contributed by atoms with Gasteiger partial charge in [-0.25, -0.2) is 0 Å². The predicted molar refractivity (Wildman–Crippen MR) is 99.1 cm³/mol. The van der Waals surface area contributed by atoms with Crippen LogP contribution >= 0.6 is 0 Å². The highest BCUT2D eigenvalue weighted by Gasteiger charge is 2.43. The van der Waals surface area contributed by atoms with Crippen molar-refractivity contribution in [3.8, 4) is 11.1 Å². The van der Waals surface area contributed by atoms with Gasteiger partial charge in [-0.3, -0.25) is 0 Å². The van der Waals surface area contributed by atoms with Crippen LogP contribution in [0.4, 0.5) is 0 Å². The third-order valence-corrected chi connectivity index (χ3v) is 5.07. The molecule has 3 aromatic carbocycles. The topological polar surface area (TPSA) is 20.2 Å². The molecule has 120 valence electrons. The number of fused-ring (bicyclic) bond motifs is 3. The summed E-state index contributed by atoms with van der Waals surface area (Å²) >= 11 is 0. The van der Waals surface area contributed by atoms with Crippen molar-refractivity contribution in [1.82, 2.24) is 0 Å². The Morgan fingerprint density at radius 2 is 1.33 bits per heavy atom. The third-order valence-electron chi connectivity index (χ3n) is 5.07. The molecule has 1 N–H and O–H groups in total. The minimum atomic E-state index is -1.09. The second-order valence-electron chi connectivity index (χ2n) is 7.63. The quantitative estimate of drug-likeness (QED) is 0.650. The highest BCUT2D eigenvalue weighted by Crippen LogP contribution is 2.51. The summed E-state index contributed by atoms with van der Waals surface area (Å²) in [6.45, 7) is 6.62. The zero-order chi connectivity index (χ0) is 16.9. The van der Waals surface area contributed by atoms with Crippen molar-refractivity contribution >= 4 is 0 Å². The summed E-state index contributed by atoms with van der Waals surface area (Å²) < 4.78 is 0. The Labute approximate surface area is 143 Å². The van der Waals surface area contributed by atoms with Gasteiger partial charge < -0.3 is 5.11 Å². The van der Waals surface area contributed by atoms with E-state index in [1.165, 1.54) is 5.56 Å². The SMILES string of the molecule is CC(C)(C)c1ccc2c(c1)C(O)(c1ccccc1)c1ccccc1-2. The first-order valence-corrected chi connectivity index (χ1v) is 8.45.